The zero-order chi connectivity index (χ0) is 10.5. The van der Waals surface area contributed by atoms with Crippen molar-refractivity contribution in [2.45, 2.75) is 44.8 Å². The molecule has 88 valence electrons. The molecule has 0 aliphatic carbocycles. The summed E-state index contributed by atoms with van der Waals surface area (Å²) in [5.41, 5.74) is 0. The monoisotopic (exact) mass is 212 g/mol. The summed E-state index contributed by atoms with van der Waals surface area (Å²) in [6.07, 6.45) is 5.66. The Balaban J connectivity index is 1.65. The van der Waals surface area contributed by atoms with Gasteiger partial charge >= 0.3 is 0 Å². The molecule has 3 nitrogen and oxygen atoms in total. The van der Waals surface area contributed by atoms with E-state index in [9.17, 15) is 0 Å². The van der Waals surface area contributed by atoms with Crippen molar-refractivity contribution in [1.29, 1.82) is 0 Å². The number of likely N-dealkylation sites (N-methyl/N-ethyl adjacent to an activating group) is 1. The van der Waals surface area contributed by atoms with Gasteiger partial charge in [-0.2, -0.15) is 0 Å². The quantitative estimate of drug-likeness (QED) is 0.759. The first-order chi connectivity index (χ1) is 7.38. The first-order valence-electron chi connectivity index (χ1n) is 6.46. The Hall–Kier alpha value is -0.120. The molecule has 2 rings (SSSR count). The van der Waals surface area contributed by atoms with Crippen LogP contribution in [0.4, 0.5) is 0 Å². The van der Waals surface area contributed by atoms with Crippen molar-refractivity contribution in [3.8, 4) is 0 Å². The summed E-state index contributed by atoms with van der Waals surface area (Å²) in [5.74, 6) is 0. The molecule has 2 atom stereocenters. The van der Waals surface area contributed by atoms with E-state index in [1.807, 2.05) is 0 Å². The molecular weight excluding hydrogens is 188 g/mol. The maximum atomic E-state index is 5.62. The summed E-state index contributed by atoms with van der Waals surface area (Å²) in [7, 11) is 0. The smallest absolute Gasteiger partial charge is 0.0700 e. The fourth-order valence-electron chi connectivity index (χ4n) is 2.61. The summed E-state index contributed by atoms with van der Waals surface area (Å²) in [6, 6.07) is 0.697. The van der Waals surface area contributed by atoms with Gasteiger partial charge in [-0.05, 0) is 38.8 Å². The molecule has 0 aromatic carbocycles. The third kappa shape index (κ3) is 3.44. The SMILES string of the molecule is CCN1CCCC(NCC2CCCO2)C1. The van der Waals surface area contributed by atoms with Gasteiger partial charge in [0.25, 0.3) is 0 Å². The largest absolute Gasteiger partial charge is 0.377 e. The van der Waals surface area contributed by atoms with Gasteiger partial charge in [0.2, 0.25) is 0 Å². The van der Waals surface area contributed by atoms with Gasteiger partial charge in [-0.15, -0.1) is 0 Å². The number of likely N-dealkylation sites (tertiary alicyclic amines) is 1. The summed E-state index contributed by atoms with van der Waals surface area (Å²) in [4.78, 5) is 2.54. The van der Waals surface area contributed by atoms with Crippen molar-refractivity contribution in [2.24, 2.45) is 0 Å². The number of ether oxygens (including phenoxy) is 1. The molecular formula is C12H24N2O. The molecule has 2 saturated heterocycles. The Kier molecular flexibility index (Phi) is 4.42. The summed E-state index contributed by atoms with van der Waals surface area (Å²) in [6.45, 7) is 7.98. The van der Waals surface area contributed by atoms with Gasteiger partial charge in [0.1, 0.15) is 0 Å². The first-order valence-corrected chi connectivity index (χ1v) is 6.46. The van der Waals surface area contributed by atoms with Gasteiger partial charge in [0.15, 0.2) is 0 Å². The van der Waals surface area contributed by atoms with Crippen molar-refractivity contribution in [3.05, 3.63) is 0 Å². The van der Waals surface area contributed by atoms with Gasteiger partial charge in [0, 0.05) is 25.7 Å². The lowest BCUT2D eigenvalue weighted by Gasteiger charge is -2.32. The van der Waals surface area contributed by atoms with E-state index >= 15 is 0 Å². The summed E-state index contributed by atoms with van der Waals surface area (Å²) < 4.78 is 5.62. The number of piperidine rings is 1. The van der Waals surface area contributed by atoms with Crippen LogP contribution in [0.1, 0.15) is 32.6 Å². The predicted octanol–water partition coefficient (Wildman–Crippen LogP) is 1.24. The maximum absolute atomic E-state index is 5.62. The molecule has 0 amide bonds. The molecule has 0 aromatic rings. The van der Waals surface area contributed by atoms with Crippen molar-refractivity contribution < 1.29 is 4.74 Å². The van der Waals surface area contributed by atoms with Crippen molar-refractivity contribution >= 4 is 0 Å². The molecule has 0 saturated carbocycles. The van der Waals surface area contributed by atoms with Crippen LogP contribution in [0.25, 0.3) is 0 Å². The van der Waals surface area contributed by atoms with Gasteiger partial charge in [-0.3, -0.25) is 0 Å². The second-order valence-electron chi connectivity index (χ2n) is 4.78. The third-order valence-corrected chi connectivity index (χ3v) is 3.61. The molecule has 2 heterocycles. The normalized spacial score (nSPS) is 33.4. The zero-order valence-corrected chi connectivity index (χ0v) is 9.87. The van der Waals surface area contributed by atoms with Crippen molar-refractivity contribution in [1.82, 2.24) is 10.2 Å². The molecule has 15 heavy (non-hydrogen) atoms. The molecule has 0 radical (unpaired) electrons. The lowest BCUT2D eigenvalue weighted by molar-refractivity contribution is 0.101. The average molecular weight is 212 g/mol. The highest BCUT2D eigenvalue weighted by atomic mass is 16.5. The van der Waals surface area contributed by atoms with Crippen LogP contribution in [0.2, 0.25) is 0 Å². The third-order valence-electron chi connectivity index (χ3n) is 3.61. The number of nitrogens with one attached hydrogen (secondary N) is 1. The molecule has 2 unspecified atom stereocenters. The molecule has 2 fully saturated rings. The average Bonchev–Trinajstić information content (AvgIpc) is 2.79. The van der Waals surface area contributed by atoms with Crippen LogP contribution < -0.4 is 5.32 Å². The van der Waals surface area contributed by atoms with Crippen LogP contribution in [0, 0.1) is 0 Å². The summed E-state index contributed by atoms with van der Waals surface area (Å²) >= 11 is 0. The number of nitrogens with zero attached hydrogens (tertiary/aromatic N) is 1. The predicted molar refractivity (Wildman–Crippen MR) is 62.1 cm³/mol. The molecule has 1 N–H and O–H groups in total. The van der Waals surface area contributed by atoms with Gasteiger partial charge < -0.3 is 15.0 Å². The van der Waals surface area contributed by atoms with Gasteiger partial charge in [-0.25, -0.2) is 0 Å². The molecule has 0 bridgehead atoms. The van der Waals surface area contributed by atoms with E-state index in [4.69, 9.17) is 4.74 Å². The standard InChI is InChI=1S/C12H24N2O/c1-2-14-7-3-5-11(10-14)13-9-12-6-4-8-15-12/h11-13H,2-10H2,1H3. The minimum atomic E-state index is 0.488. The molecule has 0 spiro atoms. The lowest BCUT2D eigenvalue weighted by atomic mass is 10.1. The van der Waals surface area contributed by atoms with E-state index in [1.54, 1.807) is 0 Å². The van der Waals surface area contributed by atoms with E-state index in [0.29, 0.717) is 12.1 Å². The summed E-state index contributed by atoms with van der Waals surface area (Å²) in [5, 5.41) is 3.66. The van der Waals surface area contributed by atoms with E-state index in [0.717, 1.165) is 13.2 Å². The molecule has 0 aromatic heterocycles. The highest BCUT2D eigenvalue weighted by molar-refractivity contribution is 4.79. The number of hydrogen-bond acceptors (Lipinski definition) is 3. The van der Waals surface area contributed by atoms with E-state index in [1.165, 1.54) is 45.3 Å². The van der Waals surface area contributed by atoms with Gasteiger partial charge in [0.05, 0.1) is 6.10 Å². The fourth-order valence-corrected chi connectivity index (χ4v) is 2.61. The Labute approximate surface area is 93.2 Å². The minimum absolute atomic E-state index is 0.488. The first kappa shape index (κ1) is 11.4. The maximum Gasteiger partial charge on any atom is 0.0700 e. The second-order valence-corrected chi connectivity index (χ2v) is 4.78. The van der Waals surface area contributed by atoms with Crippen molar-refractivity contribution in [2.75, 3.05) is 32.8 Å². The molecule has 3 heteroatoms. The zero-order valence-electron chi connectivity index (χ0n) is 9.87. The lowest BCUT2D eigenvalue weighted by Crippen LogP contribution is -2.47. The van der Waals surface area contributed by atoms with Crippen LogP contribution in [-0.2, 0) is 4.74 Å². The topological polar surface area (TPSA) is 24.5 Å². The van der Waals surface area contributed by atoms with E-state index in [2.05, 4.69) is 17.1 Å². The number of hydrogen-bond donors (Lipinski definition) is 1. The Morgan fingerprint density at radius 2 is 2.27 bits per heavy atom. The van der Waals surface area contributed by atoms with Crippen molar-refractivity contribution in [3.63, 3.8) is 0 Å². The van der Waals surface area contributed by atoms with E-state index < -0.39 is 0 Å². The molecule has 2 aliphatic rings. The van der Waals surface area contributed by atoms with E-state index in [-0.39, 0.29) is 0 Å². The Morgan fingerprint density at radius 1 is 1.33 bits per heavy atom. The highest BCUT2D eigenvalue weighted by Crippen LogP contribution is 2.13. The number of rotatable bonds is 4. The fraction of sp³-hybridized carbons (Fsp3) is 1.00. The Bertz CT molecular complexity index is 180. The second kappa shape index (κ2) is 5.83. The van der Waals surface area contributed by atoms with Crippen LogP contribution in [0.15, 0.2) is 0 Å². The van der Waals surface area contributed by atoms with Crippen LogP contribution in [0.5, 0.6) is 0 Å². The van der Waals surface area contributed by atoms with Crippen LogP contribution >= 0.6 is 0 Å². The minimum Gasteiger partial charge on any atom is -0.377 e. The van der Waals surface area contributed by atoms with Crippen LogP contribution in [-0.4, -0.2) is 49.8 Å². The van der Waals surface area contributed by atoms with Crippen LogP contribution in [0.3, 0.4) is 0 Å². The molecule has 2 aliphatic heterocycles. The Morgan fingerprint density at radius 3 is 3.00 bits per heavy atom. The highest BCUT2D eigenvalue weighted by Gasteiger charge is 2.21. The van der Waals surface area contributed by atoms with Gasteiger partial charge in [-0.1, -0.05) is 6.92 Å².